The van der Waals surface area contributed by atoms with Gasteiger partial charge in [-0.1, -0.05) is 11.6 Å². The molecule has 0 unspecified atom stereocenters. The lowest BCUT2D eigenvalue weighted by Crippen LogP contribution is -2.45. The first-order chi connectivity index (χ1) is 9.32. The maximum absolute atomic E-state index is 13.3. The molecule has 1 heterocycles. The molecule has 112 valence electrons. The molecule has 2 N–H and O–H groups in total. The summed E-state index contributed by atoms with van der Waals surface area (Å²) in [4.78, 5) is -0.176. The van der Waals surface area contributed by atoms with E-state index < -0.39 is 15.8 Å². The van der Waals surface area contributed by atoms with Crippen LogP contribution in [0, 0.1) is 11.7 Å². The summed E-state index contributed by atoms with van der Waals surface area (Å²) >= 11 is 5.90. The first kappa shape index (κ1) is 15.7. The van der Waals surface area contributed by atoms with E-state index in [9.17, 15) is 12.8 Å². The Kier molecular flexibility index (Phi) is 4.69. The molecule has 1 aromatic carbocycles. The molecule has 20 heavy (non-hydrogen) atoms. The normalized spacial score (nSPS) is 22.7. The van der Waals surface area contributed by atoms with Crippen LogP contribution in [0.4, 0.5) is 4.39 Å². The minimum atomic E-state index is -3.78. The van der Waals surface area contributed by atoms with Crippen LogP contribution >= 0.6 is 11.6 Å². The van der Waals surface area contributed by atoms with Gasteiger partial charge in [0.05, 0.1) is 5.02 Å². The molecule has 1 aliphatic rings. The number of halogens is 2. The van der Waals surface area contributed by atoms with Gasteiger partial charge in [-0.15, -0.1) is 0 Å². The number of hydrogen-bond acceptors (Lipinski definition) is 3. The van der Waals surface area contributed by atoms with Gasteiger partial charge in [0, 0.05) is 19.1 Å². The molecular formula is C13H18ClFN2O2S. The Morgan fingerprint density at radius 1 is 1.50 bits per heavy atom. The first-order valence-electron chi connectivity index (χ1n) is 6.53. The molecule has 0 aromatic heterocycles. The van der Waals surface area contributed by atoms with Gasteiger partial charge in [-0.3, -0.25) is 0 Å². The molecule has 0 spiro atoms. The van der Waals surface area contributed by atoms with Crippen LogP contribution in [-0.4, -0.2) is 31.9 Å². The maximum Gasteiger partial charge on any atom is 0.244 e. The topological polar surface area (TPSA) is 63.4 Å². The summed E-state index contributed by atoms with van der Waals surface area (Å²) in [5.41, 5.74) is 5.86. The summed E-state index contributed by atoms with van der Waals surface area (Å²) in [5.74, 6) is -0.500. The fourth-order valence-electron chi connectivity index (χ4n) is 2.44. The highest BCUT2D eigenvalue weighted by Gasteiger charge is 2.32. The monoisotopic (exact) mass is 320 g/mol. The predicted molar refractivity (Wildman–Crippen MR) is 76.5 cm³/mol. The highest BCUT2D eigenvalue weighted by atomic mass is 35.5. The zero-order chi connectivity index (χ0) is 14.9. The Bertz CT molecular complexity index is 592. The Morgan fingerprint density at radius 3 is 2.85 bits per heavy atom. The van der Waals surface area contributed by atoms with Crippen molar-refractivity contribution in [1.29, 1.82) is 0 Å². The highest BCUT2D eigenvalue weighted by molar-refractivity contribution is 7.89. The molecule has 4 nitrogen and oxygen atoms in total. The van der Waals surface area contributed by atoms with E-state index in [1.54, 1.807) is 0 Å². The van der Waals surface area contributed by atoms with Gasteiger partial charge in [0.15, 0.2) is 0 Å². The molecule has 1 saturated heterocycles. The number of rotatable bonds is 3. The molecule has 1 fully saturated rings. The van der Waals surface area contributed by atoms with Crippen LogP contribution in [0.15, 0.2) is 23.1 Å². The van der Waals surface area contributed by atoms with E-state index >= 15 is 0 Å². The fourth-order valence-corrected chi connectivity index (χ4v) is 4.46. The largest absolute Gasteiger partial charge is 0.328 e. The summed E-state index contributed by atoms with van der Waals surface area (Å²) in [6, 6.07) is 3.29. The standard InChI is InChI=1S/C13H18ClFN2O2S/c1-9(16)10-3-2-6-17(8-10)20(18,19)13-7-11(15)4-5-12(13)14/h4-5,7,9-10H,2-3,6,8,16H2,1H3/t9-,10-/m1/s1. The minimum absolute atomic E-state index is 0.0364. The van der Waals surface area contributed by atoms with Gasteiger partial charge < -0.3 is 5.73 Å². The lowest BCUT2D eigenvalue weighted by molar-refractivity contribution is 0.243. The molecule has 0 amide bonds. The van der Waals surface area contributed by atoms with Crippen molar-refractivity contribution in [3.63, 3.8) is 0 Å². The predicted octanol–water partition coefficient (Wildman–Crippen LogP) is 2.23. The maximum atomic E-state index is 13.3. The molecule has 0 radical (unpaired) electrons. The summed E-state index contributed by atoms with van der Waals surface area (Å²) in [6.45, 7) is 2.64. The van der Waals surface area contributed by atoms with E-state index in [1.165, 1.54) is 10.4 Å². The van der Waals surface area contributed by atoms with E-state index in [1.807, 2.05) is 6.92 Å². The molecular weight excluding hydrogens is 303 g/mol. The molecule has 2 rings (SSSR count). The lowest BCUT2D eigenvalue weighted by atomic mass is 9.93. The van der Waals surface area contributed by atoms with Crippen LogP contribution in [-0.2, 0) is 10.0 Å². The van der Waals surface area contributed by atoms with Crippen molar-refractivity contribution in [2.45, 2.75) is 30.7 Å². The summed E-state index contributed by atoms with van der Waals surface area (Å²) < 4.78 is 39.8. The second-order valence-electron chi connectivity index (χ2n) is 5.20. The minimum Gasteiger partial charge on any atom is -0.328 e. The summed E-state index contributed by atoms with van der Waals surface area (Å²) in [5, 5.41) is 0.0364. The molecule has 0 bridgehead atoms. The number of nitrogens with zero attached hydrogens (tertiary/aromatic N) is 1. The van der Waals surface area contributed by atoms with Crippen molar-refractivity contribution < 1.29 is 12.8 Å². The number of sulfonamides is 1. The van der Waals surface area contributed by atoms with E-state index in [-0.39, 0.29) is 21.9 Å². The molecule has 0 aliphatic carbocycles. The van der Waals surface area contributed by atoms with Crippen molar-refractivity contribution in [1.82, 2.24) is 4.31 Å². The SMILES string of the molecule is C[C@@H](N)[C@@H]1CCCN(S(=O)(=O)c2cc(F)ccc2Cl)C1. The molecule has 2 atom stereocenters. The Labute approximate surface area is 123 Å². The number of benzene rings is 1. The molecule has 0 saturated carbocycles. The van der Waals surface area contributed by atoms with Crippen LogP contribution in [0.25, 0.3) is 0 Å². The van der Waals surface area contributed by atoms with E-state index in [0.717, 1.165) is 25.0 Å². The van der Waals surface area contributed by atoms with Gasteiger partial charge in [0.1, 0.15) is 10.7 Å². The van der Waals surface area contributed by atoms with Crippen molar-refractivity contribution >= 4 is 21.6 Å². The Hall–Kier alpha value is -0.690. The van der Waals surface area contributed by atoms with Gasteiger partial charge in [-0.05, 0) is 43.9 Å². The quantitative estimate of drug-likeness (QED) is 0.929. The fraction of sp³-hybridized carbons (Fsp3) is 0.538. The summed E-state index contributed by atoms with van der Waals surface area (Å²) in [6.07, 6.45) is 1.65. The van der Waals surface area contributed by atoms with E-state index in [2.05, 4.69) is 0 Å². The molecule has 1 aliphatic heterocycles. The van der Waals surface area contributed by atoms with Crippen molar-refractivity contribution in [3.8, 4) is 0 Å². The smallest absolute Gasteiger partial charge is 0.244 e. The third-order valence-corrected chi connectivity index (χ3v) is 6.02. The van der Waals surface area contributed by atoms with Gasteiger partial charge in [-0.25, -0.2) is 12.8 Å². The van der Waals surface area contributed by atoms with Crippen molar-refractivity contribution in [2.75, 3.05) is 13.1 Å². The van der Waals surface area contributed by atoms with Gasteiger partial charge in [-0.2, -0.15) is 4.31 Å². The van der Waals surface area contributed by atoms with E-state index in [0.29, 0.717) is 13.1 Å². The van der Waals surface area contributed by atoms with Crippen LogP contribution in [0.5, 0.6) is 0 Å². The zero-order valence-electron chi connectivity index (χ0n) is 11.2. The van der Waals surface area contributed by atoms with E-state index in [4.69, 9.17) is 17.3 Å². The average molecular weight is 321 g/mol. The zero-order valence-corrected chi connectivity index (χ0v) is 12.8. The lowest BCUT2D eigenvalue weighted by Gasteiger charge is -2.33. The number of hydrogen-bond donors (Lipinski definition) is 1. The van der Waals surface area contributed by atoms with Gasteiger partial charge in [0.25, 0.3) is 0 Å². The van der Waals surface area contributed by atoms with Crippen LogP contribution in [0.3, 0.4) is 0 Å². The average Bonchev–Trinajstić information content (AvgIpc) is 2.41. The summed E-state index contributed by atoms with van der Waals surface area (Å²) in [7, 11) is -3.78. The van der Waals surface area contributed by atoms with Crippen molar-refractivity contribution in [2.24, 2.45) is 11.7 Å². The first-order valence-corrected chi connectivity index (χ1v) is 8.35. The van der Waals surface area contributed by atoms with Gasteiger partial charge >= 0.3 is 0 Å². The van der Waals surface area contributed by atoms with Crippen molar-refractivity contribution in [3.05, 3.63) is 29.0 Å². The van der Waals surface area contributed by atoms with Crippen LogP contribution in [0.1, 0.15) is 19.8 Å². The van der Waals surface area contributed by atoms with Crippen LogP contribution in [0.2, 0.25) is 5.02 Å². The molecule has 7 heteroatoms. The second kappa shape index (κ2) is 5.97. The van der Waals surface area contributed by atoms with Gasteiger partial charge in [0.2, 0.25) is 10.0 Å². The Balaban J connectivity index is 2.32. The Morgan fingerprint density at radius 2 is 2.20 bits per heavy atom. The molecule has 1 aromatic rings. The van der Waals surface area contributed by atoms with Crippen LogP contribution < -0.4 is 5.73 Å². The third kappa shape index (κ3) is 3.14. The second-order valence-corrected chi connectivity index (χ2v) is 7.51. The third-order valence-electron chi connectivity index (χ3n) is 3.68. The number of piperidine rings is 1. The number of nitrogens with two attached hydrogens (primary N) is 1. The highest BCUT2D eigenvalue weighted by Crippen LogP contribution is 2.29.